The number of carboxylic acid groups (broad SMARTS) is 1. The molecule has 2 rings (SSSR count). The zero-order valence-electron chi connectivity index (χ0n) is 28.8. The number of aliphatic carboxylic acids is 1. The van der Waals surface area contributed by atoms with E-state index in [1.807, 2.05) is 6.92 Å². The quantitative estimate of drug-likeness (QED) is 0.0410. The van der Waals surface area contributed by atoms with Crippen LogP contribution in [0.25, 0.3) is 11.3 Å². The van der Waals surface area contributed by atoms with Gasteiger partial charge in [-0.1, -0.05) is 33.1 Å². The number of unbranched alkanes of at least 4 members (excludes halogenated alkanes) is 2. The first-order chi connectivity index (χ1) is 23.1. The Morgan fingerprint density at radius 2 is 1.61 bits per heavy atom. The number of rotatable bonds is 19. The average Bonchev–Trinajstić information content (AvgIpc) is 3.53. The number of carbonyl (C=O) groups is 6. The third-order valence-electron chi connectivity index (χ3n) is 7.31. The molecule has 0 fully saturated rings. The number of amides is 4. The van der Waals surface area contributed by atoms with E-state index in [1.165, 1.54) is 24.3 Å². The smallest absolute Gasteiger partial charge is 0.329 e. The first-order valence-electron chi connectivity index (χ1n) is 16.3. The molecule has 0 radical (unpaired) electrons. The summed E-state index contributed by atoms with van der Waals surface area (Å²) in [5.74, 6) is -5.82. The summed E-state index contributed by atoms with van der Waals surface area (Å²) in [6.45, 7) is 10.3. The lowest BCUT2D eigenvalue weighted by Crippen LogP contribution is -2.45. The Morgan fingerprint density at radius 1 is 0.898 bits per heavy atom. The number of hydrogen-bond acceptors (Lipinski definition) is 10. The van der Waals surface area contributed by atoms with E-state index in [0.29, 0.717) is 24.8 Å². The van der Waals surface area contributed by atoms with Crippen molar-refractivity contribution in [2.75, 3.05) is 13.3 Å². The van der Waals surface area contributed by atoms with Gasteiger partial charge in [-0.05, 0) is 70.9 Å². The molecular weight excluding hydrogens is 640 g/mol. The van der Waals surface area contributed by atoms with E-state index in [9.17, 15) is 33.9 Å². The Kier molecular flexibility index (Phi) is 15.7. The highest BCUT2D eigenvalue weighted by molar-refractivity contribution is 5.99. The maximum absolute atomic E-state index is 13.2. The van der Waals surface area contributed by atoms with Crippen LogP contribution >= 0.6 is 0 Å². The molecule has 15 nitrogen and oxygen atoms in total. The van der Waals surface area contributed by atoms with Crippen molar-refractivity contribution in [1.29, 1.82) is 0 Å². The molecule has 1 aromatic heterocycles. The fraction of sp³-hybridized carbons (Fsp3) is 0.529. The normalized spacial score (nSPS) is 13.0. The van der Waals surface area contributed by atoms with Gasteiger partial charge in [-0.25, -0.2) is 10.3 Å². The van der Waals surface area contributed by atoms with Crippen LogP contribution in [0.5, 0.6) is 5.75 Å². The molecule has 0 saturated heterocycles. The minimum Gasteiger partial charge on any atom is -0.494 e. The minimum absolute atomic E-state index is 0.0266. The van der Waals surface area contributed by atoms with Gasteiger partial charge in [0.1, 0.15) is 23.2 Å². The van der Waals surface area contributed by atoms with E-state index >= 15 is 0 Å². The largest absolute Gasteiger partial charge is 0.494 e. The Bertz CT molecular complexity index is 1460. The zero-order chi connectivity index (χ0) is 36.7. The molecule has 0 bridgehead atoms. The number of esters is 1. The Labute approximate surface area is 285 Å². The van der Waals surface area contributed by atoms with Gasteiger partial charge in [0.2, 0.25) is 11.8 Å². The Balaban J connectivity index is 2.20. The van der Waals surface area contributed by atoms with Crippen LogP contribution in [0.15, 0.2) is 34.7 Å². The van der Waals surface area contributed by atoms with Crippen molar-refractivity contribution in [3.8, 4) is 17.1 Å². The van der Waals surface area contributed by atoms with Crippen molar-refractivity contribution in [3.05, 3.63) is 41.7 Å². The van der Waals surface area contributed by atoms with Gasteiger partial charge in [-0.2, -0.15) is 0 Å². The van der Waals surface area contributed by atoms with Gasteiger partial charge in [-0.3, -0.25) is 29.2 Å². The molecule has 0 unspecified atom stereocenters. The molecule has 15 heteroatoms. The Morgan fingerprint density at radius 3 is 2.20 bits per heavy atom. The molecule has 2 aromatic rings. The number of nitrogens with one attached hydrogen (secondary N) is 4. The highest BCUT2D eigenvalue weighted by Gasteiger charge is 2.32. The molecule has 3 atom stereocenters. The molecular formula is C34H48N4O11. The van der Waals surface area contributed by atoms with E-state index in [2.05, 4.69) is 16.0 Å². The summed E-state index contributed by atoms with van der Waals surface area (Å²) >= 11 is 0. The van der Waals surface area contributed by atoms with Gasteiger partial charge in [0.25, 0.3) is 11.8 Å². The lowest BCUT2D eigenvalue weighted by molar-refractivity contribution is -0.159. The van der Waals surface area contributed by atoms with E-state index in [1.54, 1.807) is 46.2 Å². The molecule has 4 amide bonds. The van der Waals surface area contributed by atoms with Crippen molar-refractivity contribution in [2.45, 2.75) is 91.7 Å². The van der Waals surface area contributed by atoms with Gasteiger partial charge >= 0.3 is 11.9 Å². The summed E-state index contributed by atoms with van der Waals surface area (Å²) in [6, 6.07) is 5.85. The fourth-order valence-electron chi connectivity index (χ4n) is 5.01. The standard InChI is InChI=1S/C34H48N4O11/c1-7-10-11-12-24(23(8-2)31(43)38-46)30(42)35-19-36-32(44)27-14-13-26(48-27)20-15-21(17-22(16-20)47-9-3)29(41)37-25(18-28(39)40)33(45)49-34(4,5)6/h13-17,23-25,46H,7-12,18-19H2,1-6H3,(H,35,42)(H,36,44)(H,37,41)(H,38,43)(H,39,40)/t23-,24-,25+/m1/s1. The molecule has 49 heavy (non-hydrogen) atoms. The molecule has 1 aromatic carbocycles. The summed E-state index contributed by atoms with van der Waals surface area (Å²) < 4.78 is 16.6. The van der Waals surface area contributed by atoms with E-state index in [4.69, 9.17) is 19.1 Å². The fourth-order valence-corrected chi connectivity index (χ4v) is 5.01. The van der Waals surface area contributed by atoms with Crippen LogP contribution in [-0.2, 0) is 23.9 Å². The zero-order valence-corrected chi connectivity index (χ0v) is 28.8. The second kappa shape index (κ2) is 19.2. The summed E-state index contributed by atoms with van der Waals surface area (Å²) in [7, 11) is 0. The third-order valence-corrected chi connectivity index (χ3v) is 7.31. The maximum atomic E-state index is 13.2. The summed E-state index contributed by atoms with van der Waals surface area (Å²) in [6.07, 6.45) is 2.57. The summed E-state index contributed by atoms with van der Waals surface area (Å²) in [4.78, 5) is 75.4. The van der Waals surface area contributed by atoms with Crippen molar-refractivity contribution in [3.63, 3.8) is 0 Å². The predicted octanol–water partition coefficient (Wildman–Crippen LogP) is 3.79. The second-order valence-electron chi connectivity index (χ2n) is 12.3. The van der Waals surface area contributed by atoms with Crippen molar-refractivity contribution in [2.24, 2.45) is 11.8 Å². The van der Waals surface area contributed by atoms with Crippen LogP contribution in [-0.4, -0.2) is 70.8 Å². The molecule has 0 aliphatic rings. The SMILES string of the molecule is CCCCC[C@@H](C(=O)NCNC(=O)c1ccc(-c2cc(OCC)cc(C(=O)N[C@@H](CC(=O)O)C(=O)OC(C)(C)C)c2)o1)[C@@H](CC)C(=O)NO. The summed E-state index contributed by atoms with van der Waals surface area (Å²) in [5.41, 5.74) is 1.09. The van der Waals surface area contributed by atoms with Crippen LogP contribution < -0.4 is 26.2 Å². The lowest BCUT2D eigenvalue weighted by Gasteiger charge is -2.24. The van der Waals surface area contributed by atoms with Crippen LogP contribution in [0.2, 0.25) is 0 Å². The van der Waals surface area contributed by atoms with E-state index < -0.39 is 65.5 Å². The van der Waals surface area contributed by atoms with Crippen LogP contribution in [0.1, 0.15) is 101 Å². The van der Waals surface area contributed by atoms with Gasteiger partial charge in [-0.15, -0.1) is 0 Å². The predicted molar refractivity (Wildman–Crippen MR) is 176 cm³/mol. The molecule has 0 aliphatic carbocycles. The first kappa shape index (κ1) is 40.3. The first-order valence-corrected chi connectivity index (χ1v) is 16.3. The number of carboxylic acids is 1. The van der Waals surface area contributed by atoms with Crippen molar-refractivity contribution in [1.82, 2.24) is 21.4 Å². The second-order valence-corrected chi connectivity index (χ2v) is 12.3. The Hall–Kier alpha value is -4.92. The number of hydroxylamine groups is 1. The molecule has 6 N–H and O–H groups in total. The highest BCUT2D eigenvalue weighted by atomic mass is 16.6. The van der Waals surface area contributed by atoms with Crippen LogP contribution in [0, 0.1) is 11.8 Å². The van der Waals surface area contributed by atoms with Crippen molar-refractivity contribution >= 4 is 35.6 Å². The average molecular weight is 689 g/mol. The minimum atomic E-state index is -1.46. The van der Waals surface area contributed by atoms with E-state index in [-0.39, 0.29) is 36.1 Å². The maximum Gasteiger partial charge on any atom is 0.329 e. The van der Waals surface area contributed by atoms with Gasteiger partial charge in [0.15, 0.2) is 5.76 Å². The molecule has 1 heterocycles. The number of furan rings is 1. The van der Waals surface area contributed by atoms with Gasteiger partial charge < -0.3 is 34.9 Å². The summed E-state index contributed by atoms with van der Waals surface area (Å²) in [5, 5.41) is 26.0. The lowest BCUT2D eigenvalue weighted by atomic mass is 9.84. The third kappa shape index (κ3) is 12.9. The van der Waals surface area contributed by atoms with Gasteiger partial charge in [0.05, 0.1) is 25.6 Å². The number of ether oxygens (including phenoxy) is 2. The van der Waals surface area contributed by atoms with Gasteiger partial charge in [0, 0.05) is 17.0 Å². The molecule has 0 aliphatic heterocycles. The monoisotopic (exact) mass is 688 g/mol. The number of hydrogen-bond donors (Lipinski definition) is 6. The topological polar surface area (TPSA) is 223 Å². The van der Waals surface area contributed by atoms with E-state index in [0.717, 1.165) is 12.8 Å². The number of benzene rings is 1. The van der Waals surface area contributed by atoms with Crippen molar-refractivity contribution < 1.29 is 53.0 Å². The molecule has 0 saturated carbocycles. The van der Waals surface area contributed by atoms with Crippen LogP contribution in [0.4, 0.5) is 0 Å². The van der Waals surface area contributed by atoms with Crippen LogP contribution in [0.3, 0.4) is 0 Å². The molecule has 0 spiro atoms. The highest BCUT2D eigenvalue weighted by Crippen LogP contribution is 2.29. The number of carbonyl (C=O) groups excluding carboxylic acids is 5. The molecule has 270 valence electrons.